The van der Waals surface area contributed by atoms with Gasteiger partial charge in [0.2, 0.25) is 5.91 Å². The third-order valence-electron chi connectivity index (χ3n) is 2.05. The Morgan fingerprint density at radius 1 is 1.59 bits per heavy atom. The minimum atomic E-state index is -0.878. The minimum Gasteiger partial charge on any atom is -0.381 e. The Labute approximate surface area is 97.2 Å². The first kappa shape index (κ1) is 12.9. The molecule has 7 heteroatoms. The molecule has 0 radical (unpaired) electrons. The minimum absolute atomic E-state index is 0.0199. The average molecular weight is 240 g/mol. The van der Waals surface area contributed by atoms with Crippen LogP contribution < -0.4 is 16.8 Å². The van der Waals surface area contributed by atoms with Gasteiger partial charge >= 0.3 is 0 Å². The molecule has 1 unspecified atom stereocenters. The van der Waals surface area contributed by atoms with Crippen molar-refractivity contribution in [3.05, 3.63) is 23.6 Å². The van der Waals surface area contributed by atoms with Crippen molar-refractivity contribution in [2.75, 3.05) is 5.73 Å². The fraction of sp³-hybridized carbons (Fsp3) is 0.300. The zero-order valence-electron chi connectivity index (χ0n) is 9.24. The standard InChI is InChI=1S/C10H13FN4O2/c1-5(4-7(12)16)15-10(17)6-2-3-14-9(13)8(6)11/h2-3,5H,4H2,1H3,(H2,12,16)(H2,13,14)(H,15,17). The van der Waals surface area contributed by atoms with Crippen LogP contribution in [0.2, 0.25) is 0 Å². The maximum absolute atomic E-state index is 13.4. The molecule has 92 valence electrons. The van der Waals surface area contributed by atoms with E-state index in [-0.39, 0.29) is 17.8 Å². The summed E-state index contributed by atoms with van der Waals surface area (Å²) in [4.78, 5) is 25.7. The van der Waals surface area contributed by atoms with Gasteiger partial charge in [-0.3, -0.25) is 9.59 Å². The van der Waals surface area contributed by atoms with Crippen LogP contribution in [0.4, 0.5) is 10.2 Å². The molecule has 0 aliphatic rings. The smallest absolute Gasteiger partial charge is 0.254 e. The van der Waals surface area contributed by atoms with Crippen molar-refractivity contribution in [3.8, 4) is 0 Å². The molecule has 1 aromatic rings. The van der Waals surface area contributed by atoms with Crippen LogP contribution in [0.15, 0.2) is 12.3 Å². The highest BCUT2D eigenvalue weighted by molar-refractivity contribution is 5.95. The number of nitrogen functional groups attached to an aromatic ring is 1. The summed E-state index contributed by atoms with van der Waals surface area (Å²) in [6.07, 6.45) is 1.21. The van der Waals surface area contributed by atoms with Gasteiger partial charge < -0.3 is 16.8 Å². The number of aromatic nitrogens is 1. The molecule has 0 aliphatic heterocycles. The largest absolute Gasteiger partial charge is 0.381 e. The number of nitrogens with two attached hydrogens (primary N) is 2. The molecule has 1 aromatic heterocycles. The zero-order chi connectivity index (χ0) is 13.0. The molecule has 0 spiro atoms. The Balaban J connectivity index is 2.77. The van der Waals surface area contributed by atoms with Crippen molar-refractivity contribution in [2.24, 2.45) is 5.73 Å². The second-order valence-corrected chi connectivity index (χ2v) is 3.60. The number of pyridine rings is 1. The van der Waals surface area contributed by atoms with Crippen LogP contribution in [-0.2, 0) is 4.79 Å². The van der Waals surface area contributed by atoms with Gasteiger partial charge in [-0.1, -0.05) is 0 Å². The van der Waals surface area contributed by atoms with E-state index in [1.165, 1.54) is 12.3 Å². The van der Waals surface area contributed by atoms with Crippen molar-refractivity contribution in [3.63, 3.8) is 0 Å². The molecule has 0 fully saturated rings. The molecular formula is C10H13FN4O2. The monoisotopic (exact) mass is 240 g/mol. The van der Waals surface area contributed by atoms with Crippen LogP contribution in [-0.4, -0.2) is 22.8 Å². The molecule has 1 rings (SSSR count). The lowest BCUT2D eigenvalue weighted by atomic mass is 10.2. The van der Waals surface area contributed by atoms with E-state index < -0.39 is 23.7 Å². The van der Waals surface area contributed by atoms with E-state index in [2.05, 4.69) is 10.3 Å². The molecule has 0 saturated heterocycles. The van der Waals surface area contributed by atoms with E-state index in [0.717, 1.165) is 0 Å². The molecule has 5 N–H and O–H groups in total. The van der Waals surface area contributed by atoms with Crippen LogP contribution in [0.25, 0.3) is 0 Å². The first-order valence-corrected chi connectivity index (χ1v) is 4.91. The number of hydrogen-bond acceptors (Lipinski definition) is 4. The Hall–Kier alpha value is -2.18. The fourth-order valence-corrected chi connectivity index (χ4v) is 1.29. The molecule has 0 aromatic carbocycles. The number of primary amides is 1. The summed E-state index contributed by atoms with van der Waals surface area (Å²) in [5.74, 6) is -2.44. The van der Waals surface area contributed by atoms with Crippen LogP contribution in [0.5, 0.6) is 0 Å². The van der Waals surface area contributed by atoms with Crippen molar-refractivity contribution >= 4 is 17.6 Å². The molecule has 1 atom stereocenters. The Kier molecular flexibility index (Phi) is 3.97. The number of nitrogens with zero attached hydrogens (tertiary/aromatic N) is 1. The average Bonchev–Trinajstić information content (AvgIpc) is 2.20. The first-order chi connectivity index (χ1) is 7.91. The summed E-state index contributed by atoms with van der Waals surface area (Å²) in [7, 11) is 0. The van der Waals surface area contributed by atoms with Crippen molar-refractivity contribution in [1.29, 1.82) is 0 Å². The summed E-state index contributed by atoms with van der Waals surface area (Å²) >= 11 is 0. The summed E-state index contributed by atoms with van der Waals surface area (Å²) < 4.78 is 13.4. The number of carbonyl (C=O) groups is 2. The second-order valence-electron chi connectivity index (χ2n) is 3.60. The molecular weight excluding hydrogens is 227 g/mol. The normalized spacial score (nSPS) is 11.9. The Bertz CT molecular complexity index is 450. The van der Waals surface area contributed by atoms with Crippen molar-refractivity contribution in [2.45, 2.75) is 19.4 Å². The summed E-state index contributed by atoms with van der Waals surface area (Å²) in [5.41, 5.74) is 9.98. The van der Waals surface area contributed by atoms with E-state index in [9.17, 15) is 14.0 Å². The molecule has 17 heavy (non-hydrogen) atoms. The van der Waals surface area contributed by atoms with E-state index >= 15 is 0 Å². The summed E-state index contributed by atoms with van der Waals surface area (Å²) in [6, 6.07) is 0.728. The quantitative estimate of drug-likeness (QED) is 0.676. The second kappa shape index (κ2) is 5.24. The lowest BCUT2D eigenvalue weighted by Crippen LogP contribution is -2.36. The molecule has 0 bridgehead atoms. The lowest BCUT2D eigenvalue weighted by molar-refractivity contribution is -0.118. The van der Waals surface area contributed by atoms with Crippen LogP contribution in [0.3, 0.4) is 0 Å². The Morgan fingerprint density at radius 2 is 2.24 bits per heavy atom. The zero-order valence-corrected chi connectivity index (χ0v) is 9.24. The number of halogens is 1. The predicted molar refractivity (Wildman–Crippen MR) is 59.3 cm³/mol. The number of rotatable bonds is 4. The number of nitrogens with one attached hydrogen (secondary N) is 1. The van der Waals surface area contributed by atoms with Gasteiger partial charge in [-0.25, -0.2) is 9.37 Å². The van der Waals surface area contributed by atoms with Gasteiger partial charge in [0.05, 0.1) is 5.56 Å². The highest BCUT2D eigenvalue weighted by Crippen LogP contribution is 2.11. The van der Waals surface area contributed by atoms with Crippen LogP contribution in [0.1, 0.15) is 23.7 Å². The summed E-state index contributed by atoms with van der Waals surface area (Å²) in [6.45, 7) is 1.59. The van der Waals surface area contributed by atoms with Gasteiger partial charge in [0.1, 0.15) is 0 Å². The van der Waals surface area contributed by atoms with E-state index in [1.54, 1.807) is 6.92 Å². The van der Waals surface area contributed by atoms with Gasteiger partial charge in [0, 0.05) is 18.7 Å². The van der Waals surface area contributed by atoms with Gasteiger partial charge in [0.15, 0.2) is 11.6 Å². The fourth-order valence-electron chi connectivity index (χ4n) is 1.29. The van der Waals surface area contributed by atoms with Gasteiger partial charge in [-0.15, -0.1) is 0 Å². The van der Waals surface area contributed by atoms with E-state index in [4.69, 9.17) is 11.5 Å². The topological polar surface area (TPSA) is 111 Å². The number of anilines is 1. The molecule has 2 amide bonds. The van der Waals surface area contributed by atoms with Crippen molar-refractivity contribution in [1.82, 2.24) is 10.3 Å². The van der Waals surface area contributed by atoms with E-state index in [1.807, 2.05) is 0 Å². The molecule has 0 aliphatic carbocycles. The van der Waals surface area contributed by atoms with E-state index in [0.29, 0.717) is 0 Å². The third kappa shape index (κ3) is 3.40. The molecule has 6 nitrogen and oxygen atoms in total. The van der Waals surface area contributed by atoms with Crippen LogP contribution >= 0.6 is 0 Å². The molecule has 0 saturated carbocycles. The predicted octanol–water partition coefficient (Wildman–Crippen LogP) is -0.203. The lowest BCUT2D eigenvalue weighted by Gasteiger charge is -2.12. The Morgan fingerprint density at radius 3 is 2.82 bits per heavy atom. The van der Waals surface area contributed by atoms with Gasteiger partial charge in [-0.05, 0) is 13.0 Å². The highest BCUT2D eigenvalue weighted by atomic mass is 19.1. The maximum Gasteiger partial charge on any atom is 0.254 e. The third-order valence-corrected chi connectivity index (χ3v) is 2.05. The highest BCUT2D eigenvalue weighted by Gasteiger charge is 2.17. The first-order valence-electron chi connectivity index (χ1n) is 4.91. The number of amides is 2. The number of hydrogen-bond donors (Lipinski definition) is 3. The number of carbonyl (C=O) groups excluding carboxylic acids is 2. The summed E-state index contributed by atoms with van der Waals surface area (Å²) in [5, 5.41) is 2.43. The van der Waals surface area contributed by atoms with Gasteiger partial charge in [0.25, 0.3) is 5.91 Å². The van der Waals surface area contributed by atoms with Gasteiger partial charge in [-0.2, -0.15) is 0 Å². The van der Waals surface area contributed by atoms with Crippen LogP contribution in [0, 0.1) is 5.82 Å². The van der Waals surface area contributed by atoms with Crippen molar-refractivity contribution < 1.29 is 14.0 Å². The molecule has 1 heterocycles. The SMILES string of the molecule is CC(CC(N)=O)NC(=O)c1ccnc(N)c1F. The maximum atomic E-state index is 13.4.